The lowest BCUT2D eigenvalue weighted by Gasteiger charge is -2.39. The zero-order valence-electron chi connectivity index (χ0n) is 42.7. The minimum absolute atomic E-state index is 0.00517. The van der Waals surface area contributed by atoms with Gasteiger partial charge in [0.1, 0.15) is 29.9 Å². The predicted molar refractivity (Wildman–Crippen MR) is 266 cm³/mol. The zero-order valence-corrected chi connectivity index (χ0v) is 44.3. The summed E-state index contributed by atoms with van der Waals surface area (Å²) in [6.07, 6.45) is -1.32. The van der Waals surface area contributed by atoms with E-state index in [1.807, 2.05) is 48.5 Å². The summed E-state index contributed by atoms with van der Waals surface area (Å²) in [5, 5.41) is 18.1. The number of piperazine rings is 2. The Morgan fingerprint density at radius 2 is 0.932 bits per heavy atom. The fraction of sp³-hybridized carbons (Fsp3) is 0.440. The molecule has 2 fully saturated rings. The Balaban J connectivity index is 0.000000278. The molecule has 400 valence electrons. The van der Waals surface area contributed by atoms with Crippen LogP contribution in [0.3, 0.4) is 0 Å². The monoisotopic (exact) mass is 1060 g/mol. The molecule has 4 aromatic carbocycles. The van der Waals surface area contributed by atoms with Gasteiger partial charge in [0.15, 0.2) is 23.0 Å². The third-order valence-electron chi connectivity index (χ3n) is 10.7. The summed E-state index contributed by atoms with van der Waals surface area (Å²) >= 11 is 0. The number of aliphatic hydroxyl groups excluding tert-OH is 1. The fourth-order valence-corrected chi connectivity index (χ4v) is 10.3. The summed E-state index contributed by atoms with van der Waals surface area (Å²) in [5.41, 5.74) is 0.217. The lowest BCUT2D eigenvalue weighted by atomic mass is 10.2. The summed E-state index contributed by atoms with van der Waals surface area (Å²) in [7, 11) is -2.69. The van der Waals surface area contributed by atoms with Gasteiger partial charge in [0.2, 0.25) is 20.0 Å². The van der Waals surface area contributed by atoms with Crippen LogP contribution in [0.25, 0.3) is 0 Å². The van der Waals surface area contributed by atoms with Gasteiger partial charge in [-0.3, -0.25) is 9.59 Å². The average Bonchev–Trinajstić information content (AvgIpc) is 3.36. The molecule has 73 heavy (non-hydrogen) atoms. The first kappa shape index (κ1) is 58.9. The van der Waals surface area contributed by atoms with E-state index in [1.54, 1.807) is 53.7 Å². The number of hydrogen-bond donors (Lipinski definition) is 2. The van der Waals surface area contributed by atoms with E-state index >= 15 is 0 Å². The Labute approximate surface area is 427 Å². The number of aliphatic hydroxyl groups is 1. The highest BCUT2D eigenvalue weighted by atomic mass is 32.2. The van der Waals surface area contributed by atoms with Crippen LogP contribution in [0.5, 0.6) is 23.0 Å². The van der Waals surface area contributed by atoms with Gasteiger partial charge in [-0.1, -0.05) is 60.7 Å². The largest absolute Gasteiger partial charge is 0.493 e. The molecule has 23 heteroatoms. The van der Waals surface area contributed by atoms with Gasteiger partial charge in [0.05, 0.1) is 57.9 Å². The highest BCUT2D eigenvalue weighted by Crippen LogP contribution is 2.34. The lowest BCUT2D eigenvalue weighted by molar-refractivity contribution is -0.151. The van der Waals surface area contributed by atoms with Crippen molar-refractivity contribution in [2.24, 2.45) is 0 Å². The zero-order chi connectivity index (χ0) is 54.3. The lowest BCUT2D eigenvalue weighted by Crippen LogP contribution is -2.60. The van der Waals surface area contributed by atoms with Crippen molar-refractivity contribution < 1.29 is 79.4 Å². The van der Waals surface area contributed by atoms with E-state index in [9.17, 15) is 41.1 Å². The third-order valence-corrected chi connectivity index (χ3v) is 14.5. The number of esters is 1. The second kappa shape index (κ2) is 25.8. The minimum atomic E-state index is -4.16. The highest BCUT2D eigenvalue weighted by Gasteiger charge is 2.44. The first-order chi connectivity index (χ1) is 34.3. The van der Waals surface area contributed by atoms with E-state index in [1.165, 1.54) is 74.6 Å². The van der Waals surface area contributed by atoms with Crippen molar-refractivity contribution in [2.45, 2.75) is 87.8 Å². The average molecular weight is 1060 g/mol. The highest BCUT2D eigenvalue weighted by molar-refractivity contribution is 7.89. The molecule has 2 unspecified atom stereocenters. The first-order valence-electron chi connectivity index (χ1n) is 22.8. The van der Waals surface area contributed by atoms with Gasteiger partial charge >= 0.3 is 24.1 Å². The molecule has 2 atom stereocenters. The van der Waals surface area contributed by atoms with E-state index in [0.29, 0.717) is 11.5 Å². The Morgan fingerprint density at radius 1 is 0.548 bits per heavy atom. The quantitative estimate of drug-likeness (QED) is 0.121. The van der Waals surface area contributed by atoms with Crippen molar-refractivity contribution in [3.05, 3.63) is 108 Å². The van der Waals surface area contributed by atoms with Crippen LogP contribution < -0.4 is 18.9 Å². The molecule has 6 rings (SSSR count). The SMILES string of the molecule is COc1ccc(S(=O)(=O)N2CCN(C(=O)OC(C)(C)C)CC2C(=O)O)cc1OC.COc1ccc(S(=O)(=O)N2CCN(C(=O)OC(C)(C)C)CC2C(=O)OCc2ccccc2)cc1OC.OCc1ccccc1. The van der Waals surface area contributed by atoms with Crippen molar-refractivity contribution in [1.82, 2.24) is 18.4 Å². The molecule has 2 amide bonds. The summed E-state index contributed by atoms with van der Waals surface area (Å²) in [6, 6.07) is 24.0. The van der Waals surface area contributed by atoms with Gasteiger partial charge in [0, 0.05) is 38.3 Å². The molecule has 0 bridgehead atoms. The van der Waals surface area contributed by atoms with E-state index in [0.717, 1.165) is 19.7 Å². The number of carbonyl (C=O) groups is 4. The number of carboxylic acids is 1. The summed E-state index contributed by atoms with van der Waals surface area (Å²) < 4.78 is 92.3. The maximum atomic E-state index is 13.6. The number of carboxylic acid groups (broad SMARTS) is 1. The molecule has 2 N–H and O–H groups in total. The van der Waals surface area contributed by atoms with E-state index in [-0.39, 0.29) is 73.8 Å². The molecule has 0 saturated carbocycles. The van der Waals surface area contributed by atoms with Crippen molar-refractivity contribution in [3.8, 4) is 23.0 Å². The number of benzene rings is 4. The Bertz CT molecular complexity index is 2710. The van der Waals surface area contributed by atoms with Crippen molar-refractivity contribution in [2.75, 3.05) is 67.7 Å². The summed E-state index contributed by atoms with van der Waals surface area (Å²) in [5.74, 6) is -0.985. The molecule has 0 radical (unpaired) electrons. The first-order valence-corrected chi connectivity index (χ1v) is 25.7. The second-order valence-corrected chi connectivity index (χ2v) is 22.0. The Morgan fingerprint density at radius 3 is 1.29 bits per heavy atom. The van der Waals surface area contributed by atoms with Crippen LogP contribution >= 0.6 is 0 Å². The van der Waals surface area contributed by atoms with Gasteiger partial charge in [-0.2, -0.15) is 8.61 Å². The van der Waals surface area contributed by atoms with Gasteiger partial charge in [-0.15, -0.1) is 0 Å². The molecular weight excluding hydrogens is 993 g/mol. The molecule has 4 aromatic rings. The van der Waals surface area contributed by atoms with Crippen molar-refractivity contribution >= 4 is 44.2 Å². The molecule has 0 aromatic heterocycles. The van der Waals surface area contributed by atoms with Crippen molar-refractivity contribution in [3.63, 3.8) is 0 Å². The normalized spacial score (nSPS) is 16.5. The van der Waals surface area contributed by atoms with E-state index < -0.39 is 67.5 Å². The van der Waals surface area contributed by atoms with E-state index in [4.69, 9.17) is 38.3 Å². The number of aliphatic carboxylic acids is 1. The maximum absolute atomic E-state index is 13.6. The molecule has 2 aliphatic rings. The molecule has 2 heterocycles. The number of carbonyl (C=O) groups excluding carboxylic acids is 3. The van der Waals surface area contributed by atoms with Crippen LogP contribution in [0.4, 0.5) is 9.59 Å². The molecule has 0 aliphatic carbocycles. The number of hydrogen-bond acceptors (Lipinski definition) is 16. The van der Waals surface area contributed by atoms with E-state index in [2.05, 4.69) is 0 Å². The van der Waals surface area contributed by atoms with Crippen LogP contribution in [-0.2, 0) is 57.1 Å². The topological polar surface area (TPSA) is 255 Å². The number of rotatable bonds is 13. The number of ether oxygens (including phenoxy) is 7. The van der Waals surface area contributed by atoms with Gasteiger partial charge in [0.25, 0.3) is 0 Å². The second-order valence-electron chi connectivity index (χ2n) is 18.2. The maximum Gasteiger partial charge on any atom is 0.410 e. The molecule has 2 saturated heterocycles. The van der Waals surface area contributed by atoms with Gasteiger partial charge in [-0.05, 0) is 76.9 Å². The molecular formula is C50H66N4O17S2. The van der Waals surface area contributed by atoms with Crippen LogP contribution in [0, 0.1) is 0 Å². The predicted octanol–water partition coefficient (Wildman–Crippen LogP) is 5.63. The Hall–Kier alpha value is -6.66. The van der Waals surface area contributed by atoms with Gasteiger partial charge < -0.3 is 53.2 Å². The molecule has 2 aliphatic heterocycles. The van der Waals surface area contributed by atoms with Gasteiger partial charge in [-0.25, -0.2) is 26.4 Å². The summed E-state index contributed by atoms with van der Waals surface area (Å²) in [4.78, 5) is 52.3. The number of sulfonamides is 2. The fourth-order valence-electron chi connectivity index (χ4n) is 7.12. The van der Waals surface area contributed by atoms with Crippen LogP contribution in [0.2, 0.25) is 0 Å². The smallest absolute Gasteiger partial charge is 0.410 e. The van der Waals surface area contributed by atoms with Crippen LogP contribution in [0.1, 0.15) is 52.7 Å². The number of nitrogens with zero attached hydrogens (tertiary/aromatic N) is 4. The summed E-state index contributed by atoms with van der Waals surface area (Å²) in [6.45, 7) is 9.57. The molecule has 0 spiro atoms. The van der Waals surface area contributed by atoms with Crippen LogP contribution in [0.15, 0.2) is 107 Å². The Kier molecular flexibility index (Phi) is 20.8. The standard InChI is InChI=1S/C25H32N2O8S.C18H26N2O8S.C7H8O/c1-25(2,3)35-24(29)26-13-14-27(20(16-26)23(28)34-17-18-9-7-6-8-10-18)36(30,31)19-11-12-21(32-4)22(15-19)33-5;1-18(2,3)28-17(23)19-8-9-20(13(11-19)16(21)22)29(24,25)12-6-7-14(26-4)15(10-12)27-5;8-6-7-4-2-1-3-5-7/h6-12,15,20H,13-14,16-17H2,1-5H3;6-7,10,13H,8-9,11H2,1-5H3,(H,21,22);1-5,8H,6H2. The molecule has 21 nitrogen and oxygen atoms in total. The third kappa shape index (κ3) is 16.4. The van der Waals surface area contributed by atoms with Crippen molar-refractivity contribution in [1.29, 1.82) is 0 Å². The number of methoxy groups -OCH3 is 4. The van der Waals surface area contributed by atoms with Crippen LogP contribution in [-0.4, -0.2) is 161 Å². The number of amides is 2. The minimum Gasteiger partial charge on any atom is -0.493 e.